The largest absolute Gasteiger partial charge is 0.322 e. The van der Waals surface area contributed by atoms with Crippen molar-refractivity contribution in [2.24, 2.45) is 0 Å². The van der Waals surface area contributed by atoms with Crippen LogP contribution in [0.25, 0.3) is 11.3 Å². The summed E-state index contributed by atoms with van der Waals surface area (Å²) in [4.78, 5) is 14.4. The van der Waals surface area contributed by atoms with E-state index >= 15 is 0 Å². The number of pyridine rings is 1. The lowest BCUT2D eigenvalue weighted by Crippen LogP contribution is -2.11. The van der Waals surface area contributed by atoms with Crippen molar-refractivity contribution in [2.45, 2.75) is 5.75 Å². The molecule has 0 unspecified atom stereocenters. The minimum absolute atomic E-state index is 0.150. The molecule has 0 aliphatic carbocycles. The first-order valence-electron chi connectivity index (χ1n) is 4.90. The predicted molar refractivity (Wildman–Crippen MR) is 75.2 cm³/mol. The minimum atomic E-state index is -0.150. The van der Waals surface area contributed by atoms with Crippen LogP contribution in [-0.4, -0.2) is 4.98 Å². The Bertz CT molecular complexity index is 610. The number of rotatable bonds is 2. The topological polar surface area (TPSA) is 32.9 Å². The van der Waals surface area contributed by atoms with Crippen LogP contribution < -0.4 is 5.56 Å². The molecule has 2 rings (SSSR count). The Morgan fingerprint density at radius 1 is 1.18 bits per heavy atom. The number of halogens is 2. The molecule has 0 atom stereocenters. The maximum absolute atomic E-state index is 11.6. The van der Waals surface area contributed by atoms with Gasteiger partial charge in [-0.2, -0.15) is 12.6 Å². The van der Waals surface area contributed by atoms with E-state index in [1.54, 1.807) is 24.3 Å². The van der Waals surface area contributed by atoms with E-state index in [0.29, 0.717) is 27.1 Å². The number of thiol groups is 1. The summed E-state index contributed by atoms with van der Waals surface area (Å²) in [6, 6.07) is 8.70. The number of benzene rings is 1. The fraction of sp³-hybridized carbons (Fsp3) is 0.0833. The van der Waals surface area contributed by atoms with Gasteiger partial charge in [-0.05, 0) is 24.3 Å². The van der Waals surface area contributed by atoms with E-state index in [1.807, 2.05) is 6.07 Å². The molecule has 0 radical (unpaired) electrons. The van der Waals surface area contributed by atoms with E-state index in [9.17, 15) is 4.79 Å². The van der Waals surface area contributed by atoms with E-state index in [2.05, 4.69) is 17.6 Å². The molecule has 0 spiro atoms. The Morgan fingerprint density at radius 2 is 1.94 bits per heavy atom. The van der Waals surface area contributed by atoms with Crippen molar-refractivity contribution in [3.63, 3.8) is 0 Å². The van der Waals surface area contributed by atoms with Gasteiger partial charge in [-0.15, -0.1) is 0 Å². The van der Waals surface area contributed by atoms with Crippen molar-refractivity contribution in [2.75, 3.05) is 0 Å². The van der Waals surface area contributed by atoms with Gasteiger partial charge in [0.2, 0.25) is 0 Å². The third-order valence-electron chi connectivity index (χ3n) is 2.38. The van der Waals surface area contributed by atoms with Gasteiger partial charge in [-0.1, -0.05) is 29.3 Å². The van der Waals surface area contributed by atoms with Gasteiger partial charge in [-0.3, -0.25) is 4.79 Å². The van der Waals surface area contributed by atoms with Gasteiger partial charge in [0.25, 0.3) is 5.56 Å². The lowest BCUT2D eigenvalue weighted by Gasteiger charge is -2.05. The maximum Gasteiger partial charge on any atom is 0.252 e. The zero-order chi connectivity index (χ0) is 12.4. The van der Waals surface area contributed by atoms with E-state index in [1.165, 1.54) is 0 Å². The Kier molecular flexibility index (Phi) is 3.82. The van der Waals surface area contributed by atoms with Crippen LogP contribution in [0, 0.1) is 0 Å². The number of H-pyrrole nitrogens is 1. The second-order valence-corrected chi connectivity index (χ2v) is 4.67. The number of hydrogen-bond acceptors (Lipinski definition) is 2. The third-order valence-corrected chi connectivity index (χ3v) is 3.27. The lowest BCUT2D eigenvalue weighted by atomic mass is 10.1. The van der Waals surface area contributed by atoms with Crippen LogP contribution in [0.5, 0.6) is 0 Å². The molecule has 0 saturated carbocycles. The molecule has 0 fully saturated rings. The van der Waals surface area contributed by atoms with E-state index in [-0.39, 0.29) is 5.56 Å². The highest BCUT2D eigenvalue weighted by atomic mass is 35.5. The summed E-state index contributed by atoms with van der Waals surface area (Å²) in [5.41, 5.74) is 1.90. The quantitative estimate of drug-likeness (QED) is 0.809. The molecule has 17 heavy (non-hydrogen) atoms. The molecule has 0 aliphatic heterocycles. The average molecular weight is 286 g/mol. The van der Waals surface area contributed by atoms with Crippen LogP contribution in [-0.2, 0) is 5.75 Å². The van der Waals surface area contributed by atoms with Crippen molar-refractivity contribution in [3.8, 4) is 11.3 Å². The fourth-order valence-corrected chi connectivity index (χ4v) is 2.25. The molecule has 1 heterocycles. The van der Waals surface area contributed by atoms with Crippen LogP contribution in [0.4, 0.5) is 0 Å². The maximum atomic E-state index is 11.6. The Balaban J connectivity index is 2.54. The minimum Gasteiger partial charge on any atom is -0.322 e. The van der Waals surface area contributed by atoms with Crippen LogP contribution in [0.2, 0.25) is 10.0 Å². The van der Waals surface area contributed by atoms with Gasteiger partial charge in [0, 0.05) is 27.6 Å². The highest BCUT2D eigenvalue weighted by molar-refractivity contribution is 7.79. The summed E-state index contributed by atoms with van der Waals surface area (Å²) >= 11 is 16.0. The molecule has 2 aromatic rings. The second kappa shape index (κ2) is 5.17. The molecule has 5 heteroatoms. The fourth-order valence-electron chi connectivity index (χ4n) is 1.49. The Labute approximate surface area is 114 Å². The SMILES string of the molecule is O=c1[nH]c(-c2ccc(Cl)cc2Cl)ccc1CS. The number of aromatic nitrogens is 1. The van der Waals surface area contributed by atoms with Crippen LogP contribution >= 0.6 is 35.8 Å². The van der Waals surface area contributed by atoms with Gasteiger partial charge in [0.05, 0.1) is 5.02 Å². The van der Waals surface area contributed by atoms with Crippen molar-refractivity contribution >= 4 is 35.8 Å². The van der Waals surface area contributed by atoms with E-state index < -0.39 is 0 Å². The van der Waals surface area contributed by atoms with Crippen molar-refractivity contribution < 1.29 is 0 Å². The normalized spacial score (nSPS) is 10.5. The summed E-state index contributed by atoms with van der Waals surface area (Å²) in [5.74, 6) is 0.407. The van der Waals surface area contributed by atoms with Gasteiger partial charge < -0.3 is 4.98 Å². The van der Waals surface area contributed by atoms with E-state index in [0.717, 1.165) is 5.56 Å². The van der Waals surface area contributed by atoms with Crippen LogP contribution in [0.15, 0.2) is 35.1 Å². The first kappa shape index (κ1) is 12.6. The molecule has 0 saturated heterocycles. The first-order chi connectivity index (χ1) is 8.11. The summed E-state index contributed by atoms with van der Waals surface area (Å²) in [7, 11) is 0. The molecule has 0 aliphatic rings. The van der Waals surface area contributed by atoms with Crippen molar-refractivity contribution in [1.82, 2.24) is 4.98 Å². The number of hydrogen-bond donors (Lipinski definition) is 2. The van der Waals surface area contributed by atoms with Crippen molar-refractivity contribution in [1.29, 1.82) is 0 Å². The van der Waals surface area contributed by atoms with Crippen molar-refractivity contribution in [3.05, 3.63) is 56.3 Å². The monoisotopic (exact) mass is 285 g/mol. The van der Waals surface area contributed by atoms with Gasteiger partial charge in [-0.25, -0.2) is 0 Å². The highest BCUT2D eigenvalue weighted by Crippen LogP contribution is 2.28. The Hall–Kier alpha value is -0.900. The number of nitrogens with one attached hydrogen (secondary N) is 1. The smallest absolute Gasteiger partial charge is 0.252 e. The predicted octanol–water partition coefficient (Wildman–Crippen LogP) is 3.78. The third kappa shape index (κ3) is 2.68. The number of aromatic amines is 1. The van der Waals surface area contributed by atoms with E-state index in [4.69, 9.17) is 23.2 Å². The second-order valence-electron chi connectivity index (χ2n) is 3.51. The summed E-state index contributed by atoms with van der Waals surface area (Å²) in [6.07, 6.45) is 0. The average Bonchev–Trinajstić information content (AvgIpc) is 2.29. The summed E-state index contributed by atoms with van der Waals surface area (Å²) < 4.78 is 0. The summed E-state index contributed by atoms with van der Waals surface area (Å²) in [5, 5.41) is 1.07. The zero-order valence-corrected chi connectivity index (χ0v) is 11.1. The summed E-state index contributed by atoms with van der Waals surface area (Å²) in [6.45, 7) is 0. The molecule has 88 valence electrons. The zero-order valence-electron chi connectivity index (χ0n) is 8.71. The highest BCUT2D eigenvalue weighted by Gasteiger charge is 2.06. The molecule has 1 aromatic carbocycles. The molecule has 2 nitrogen and oxygen atoms in total. The van der Waals surface area contributed by atoms with Crippen LogP contribution in [0.3, 0.4) is 0 Å². The molecular formula is C12H9Cl2NOS. The Morgan fingerprint density at radius 3 is 2.53 bits per heavy atom. The molecule has 1 aromatic heterocycles. The standard InChI is InChI=1S/C12H9Cl2NOS/c13-8-2-3-9(10(14)5-8)11-4-1-7(6-17)12(16)15-11/h1-5,17H,6H2,(H,15,16). The van der Waals surface area contributed by atoms with Crippen LogP contribution in [0.1, 0.15) is 5.56 Å². The van der Waals surface area contributed by atoms with Gasteiger partial charge in [0.1, 0.15) is 0 Å². The molecule has 0 bridgehead atoms. The van der Waals surface area contributed by atoms with Gasteiger partial charge in [0.15, 0.2) is 0 Å². The van der Waals surface area contributed by atoms with Gasteiger partial charge >= 0.3 is 0 Å². The molecular weight excluding hydrogens is 277 g/mol. The molecule has 1 N–H and O–H groups in total. The lowest BCUT2D eigenvalue weighted by molar-refractivity contribution is 1.17. The first-order valence-corrected chi connectivity index (χ1v) is 6.29. The molecule has 0 amide bonds.